The SMILES string of the molecule is CC(=O)NCc1ccc(C(=O)NCC2(c3cccc(Br)c3)CCC2)s1. The van der Waals surface area contributed by atoms with Crippen LogP contribution in [0.5, 0.6) is 0 Å². The quantitative estimate of drug-likeness (QED) is 0.741. The second kappa shape index (κ2) is 7.70. The van der Waals surface area contributed by atoms with Crippen LogP contribution < -0.4 is 10.6 Å². The lowest BCUT2D eigenvalue weighted by molar-refractivity contribution is -0.119. The molecule has 0 saturated heterocycles. The second-order valence-electron chi connectivity index (χ2n) is 6.50. The lowest BCUT2D eigenvalue weighted by Gasteiger charge is -2.42. The third kappa shape index (κ3) is 4.30. The topological polar surface area (TPSA) is 58.2 Å². The third-order valence-electron chi connectivity index (χ3n) is 4.73. The molecule has 25 heavy (non-hydrogen) atoms. The molecule has 1 aliphatic rings. The lowest BCUT2D eigenvalue weighted by Crippen LogP contribution is -2.45. The van der Waals surface area contributed by atoms with Gasteiger partial charge < -0.3 is 10.6 Å². The summed E-state index contributed by atoms with van der Waals surface area (Å²) >= 11 is 4.96. The molecule has 2 amide bonds. The van der Waals surface area contributed by atoms with E-state index in [1.807, 2.05) is 18.2 Å². The normalized spacial score (nSPS) is 15.3. The zero-order chi connectivity index (χ0) is 17.9. The Morgan fingerprint density at radius 3 is 2.64 bits per heavy atom. The van der Waals surface area contributed by atoms with E-state index in [0.29, 0.717) is 18.0 Å². The van der Waals surface area contributed by atoms with Crippen LogP contribution in [0.1, 0.15) is 46.3 Å². The van der Waals surface area contributed by atoms with Crippen LogP contribution >= 0.6 is 27.3 Å². The first-order chi connectivity index (χ1) is 12.0. The molecule has 1 aliphatic carbocycles. The monoisotopic (exact) mass is 420 g/mol. The van der Waals surface area contributed by atoms with Crippen molar-refractivity contribution in [2.24, 2.45) is 0 Å². The van der Waals surface area contributed by atoms with Gasteiger partial charge in [0.2, 0.25) is 5.91 Å². The van der Waals surface area contributed by atoms with Gasteiger partial charge in [0.15, 0.2) is 0 Å². The van der Waals surface area contributed by atoms with Crippen LogP contribution in [0.25, 0.3) is 0 Å². The highest BCUT2D eigenvalue weighted by Crippen LogP contribution is 2.43. The van der Waals surface area contributed by atoms with Gasteiger partial charge in [-0.25, -0.2) is 0 Å². The molecule has 132 valence electrons. The summed E-state index contributed by atoms with van der Waals surface area (Å²) in [6.07, 6.45) is 3.40. The van der Waals surface area contributed by atoms with Crippen molar-refractivity contribution in [2.75, 3.05) is 6.54 Å². The van der Waals surface area contributed by atoms with Crippen LogP contribution in [-0.2, 0) is 16.8 Å². The van der Waals surface area contributed by atoms with Gasteiger partial charge in [0, 0.05) is 28.2 Å². The van der Waals surface area contributed by atoms with Gasteiger partial charge in [-0.1, -0.05) is 34.5 Å². The summed E-state index contributed by atoms with van der Waals surface area (Å²) in [6.45, 7) is 2.61. The molecule has 2 aromatic rings. The highest BCUT2D eigenvalue weighted by molar-refractivity contribution is 9.10. The molecule has 1 aromatic heterocycles. The van der Waals surface area contributed by atoms with E-state index in [9.17, 15) is 9.59 Å². The largest absolute Gasteiger partial charge is 0.351 e. The van der Waals surface area contributed by atoms with E-state index >= 15 is 0 Å². The number of halogens is 1. The van der Waals surface area contributed by atoms with Crippen LogP contribution in [-0.4, -0.2) is 18.4 Å². The smallest absolute Gasteiger partial charge is 0.261 e. The predicted octanol–water partition coefficient (Wildman–Crippen LogP) is 4.00. The molecular weight excluding hydrogens is 400 g/mol. The maximum absolute atomic E-state index is 12.5. The molecule has 1 fully saturated rings. The fourth-order valence-electron chi connectivity index (χ4n) is 3.13. The number of benzene rings is 1. The summed E-state index contributed by atoms with van der Waals surface area (Å²) in [5.41, 5.74) is 1.33. The minimum atomic E-state index is -0.0691. The summed E-state index contributed by atoms with van der Waals surface area (Å²) in [6, 6.07) is 12.1. The molecule has 4 nitrogen and oxygen atoms in total. The number of rotatable bonds is 6. The Bertz CT molecular complexity index is 783. The second-order valence-corrected chi connectivity index (χ2v) is 8.59. The van der Waals surface area contributed by atoms with Crippen molar-refractivity contribution in [3.05, 3.63) is 56.2 Å². The molecule has 0 aliphatic heterocycles. The Hall–Kier alpha value is -1.66. The molecule has 0 radical (unpaired) electrons. The average molecular weight is 421 g/mol. The molecule has 0 bridgehead atoms. The zero-order valence-corrected chi connectivity index (χ0v) is 16.5. The van der Waals surface area contributed by atoms with Gasteiger partial charge in [-0.3, -0.25) is 9.59 Å². The first-order valence-electron chi connectivity index (χ1n) is 8.36. The molecule has 1 saturated carbocycles. The van der Waals surface area contributed by atoms with E-state index < -0.39 is 0 Å². The maximum Gasteiger partial charge on any atom is 0.261 e. The minimum Gasteiger partial charge on any atom is -0.351 e. The lowest BCUT2D eigenvalue weighted by atomic mass is 9.64. The highest BCUT2D eigenvalue weighted by Gasteiger charge is 2.39. The summed E-state index contributed by atoms with van der Waals surface area (Å²) < 4.78 is 1.07. The van der Waals surface area contributed by atoms with E-state index in [0.717, 1.165) is 22.2 Å². The number of carbonyl (C=O) groups excluding carboxylic acids is 2. The van der Waals surface area contributed by atoms with Gasteiger partial charge in [0.05, 0.1) is 11.4 Å². The van der Waals surface area contributed by atoms with E-state index in [-0.39, 0.29) is 17.2 Å². The molecule has 3 rings (SSSR count). The van der Waals surface area contributed by atoms with Gasteiger partial charge in [0.1, 0.15) is 0 Å². The summed E-state index contributed by atoms with van der Waals surface area (Å²) in [4.78, 5) is 25.1. The van der Waals surface area contributed by atoms with Gasteiger partial charge in [-0.15, -0.1) is 11.3 Å². The molecule has 1 heterocycles. The Morgan fingerprint density at radius 2 is 2.00 bits per heavy atom. The van der Waals surface area contributed by atoms with Crippen LogP contribution in [0.4, 0.5) is 0 Å². The zero-order valence-electron chi connectivity index (χ0n) is 14.1. The van der Waals surface area contributed by atoms with Crippen molar-refractivity contribution < 1.29 is 9.59 Å². The first kappa shape index (κ1) is 18.1. The standard InChI is InChI=1S/C19H21BrN2O2S/c1-13(23)21-11-16-6-7-17(25-16)18(24)22-12-19(8-3-9-19)14-4-2-5-15(20)10-14/h2,4-7,10H,3,8-9,11-12H2,1H3,(H,21,23)(H,22,24). The van der Waals surface area contributed by atoms with Crippen LogP contribution in [0.15, 0.2) is 40.9 Å². The Balaban J connectivity index is 1.62. The summed E-state index contributed by atoms with van der Waals surface area (Å²) in [5.74, 6) is -0.110. The van der Waals surface area contributed by atoms with Crippen molar-refractivity contribution >= 4 is 39.1 Å². The minimum absolute atomic E-state index is 0.0413. The Morgan fingerprint density at radius 1 is 1.20 bits per heavy atom. The van der Waals surface area contributed by atoms with E-state index in [4.69, 9.17) is 0 Å². The molecule has 0 spiro atoms. The molecular formula is C19H21BrN2O2S. The van der Waals surface area contributed by atoms with Crippen molar-refractivity contribution in [1.82, 2.24) is 10.6 Å². The number of amides is 2. The molecule has 2 N–H and O–H groups in total. The predicted molar refractivity (Wildman–Crippen MR) is 104 cm³/mol. The number of hydrogen-bond acceptors (Lipinski definition) is 3. The number of hydrogen-bond donors (Lipinski definition) is 2. The third-order valence-corrected chi connectivity index (χ3v) is 6.31. The molecule has 6 heteroatoms. The first-order valence-corrected chi connectivity index (χ1v) is 9.97. The van der Waals surface area contributed by atoms with Crippen LogP contribution in [0.3, 0.4) is 0 Å². The van der Waals surface area contributed by atoms with Crippen molar-refractivity contribution in [3.8, 4) is 0 Å². The van der Waals surface area contributed by atoms with Crippen molar-refractivity contribution in [1.29, 1.82) is 0 Å². The molecule has 0 atom stereocenters. The fourth-order valence-corrected chi connectivity index (χ4v) is 4.40. The van der Waals surface area contributed by atoms with Crippen LogP contribution in [0.2, 0.25) is 0 Å². The van der Waals surface area contributed by atoms with Gasteiger partial charge in [0.25, 0.3) is 5.91 Å². The fraction of sp³-hybridized carbons (Fsp3) is 0.368. The van der Waals surface area contributed by atoms with E-state index in [1.54, 1.807) is 0 Å². The average Bonchev–Trinajstić information content (AvgIpc) is 3.01. The van der Waals surface area contributed by atoms with Crippen LogP contribution in [0, 0.1) is 0 Å². The molecule has 1 aromatic carbocycles. The van der Waals surface area contributed by atoms with Crippen molar-refractivity contribution in [2.45, 2.75) is 38.1 Å². The number of thiophene rings is 1. The number of carbonyl (C=O) groups is 2. The Kier molecular flexibility index (Phi) is 5.59. The Labute approximate surface area is 160 Å². The number of nitrogens with one attached hydrogen (secondary N) is 2. The summed E-state index contributed by atoms with van der Waals surface area (Å²) in [7, 11) is 0. The van der Waals surface area contributed by atoms with E-state index in [2.05, 4.69) is 44.8 Å². The van der Waals surface area contributed by atoms with E-state index in [1.165, 1.54) is 30.2 Å². The van der Waals surface area contributed by atoms with Gasteiger partial charge in [-0.05, 0) is 42.7 Å². The van der Waals surface area contributed by atoms with Gasteiger partial charge >= 0.3 is 0 Å². The van der Waals surface area contributed by atoms with Crippen molar-refractivity contribution in [3.63, 3.8) is 0 Å². The molecule has 0 unspecified atom stereocenters. The summed E-state index contributed by atoms with van der Waals surface area (Å²) in [5, 5.41) is 5.86. The maximum atomic E-state index is 12.5. The van der Waals surface area contributed by atoms with Gasteiger partial charge in [-0.2, -0.15) is 0 Å². The highest BCUT2D eigenvalue weighted by atomic mass is 79.9.